The molecule has 556 valence electrons. The van der Waals surface area contributed by atoms with Crippen molar-refractivity contribution < 1.29 is 93.5 Å². The maximum Gasteiger partial charge on any atom is 0.417 e. The van der Waals surface area contributed by atoms with Crippen LogP contribution in [0, 0.1) is 0 Å². The molecular weight excluding hydrogens is 1360 g/mol. The number of rotatable bonds is 23. The number of fused-ring (bicyclic) bond motifs is 2. The van der Waals surface area contributed by atoms with Crippen LogP contribution in [0.25, 0.3) is 0 Å². The normalized spacial score (nSPS) is 17.6. The number of amides is 6. The molecule has 2 saturated carbocycles. The van der Waals surface area contributed by atoms with Crippen LogP contribution in [0.2, 0.25) is 0 Å². The molecule has 2 unspecified atom stereocenters. The molecule has 4 aliphatic rings. The Morgan fingerprint density at radius 1 is 0.510 bits per heavy atom. The van der Waals surface area contributed by atoms with Gasteiger partial charge in [-0.15, -0.1) is 0 Å². The Kier molecular flexibility index (Phi) is 25.5. The molecule has 2 heterocycles. The first-order valence-electron chi connectivity index (χ1n) is 35.0. The average Bonchev–Trinajstić information content (AvgIpc) is 0.741. The van der Waals surface area contributed by atoms with Gasteiger partial charge in [0.2, 0.25) is 0 Å². The number of hydrogen-bond donors (Lipinski definition) is 1. The minimum Gasteiger partial charge on any atom is -0.478 e. The molecule has 0 aromatic heterocycles. The molecule has 1 N–H and O–H groups in total. The third-order valence-corrected chi connectivity index (χ3v) is 18.9. The maximum atomic E-state index is 14.8. The number of ether oxygens (including phenoxy) is 5. The predicted octanol–water partition coefficient (Wildman–Crippen LogP) is 15.1. The third-order valence-electron chi connectivity index (χ3n) is 18.9. The zero-order chi connectivity index (χ0) is 75.3. The van der Waals surface area contributed by atoms with E-state index in [9.17, 15) is 69.8 Å². The summed E-state index contributed by atoms with van der Waals surface area (Å²) in [5.41, 5.74) is -6.19. The summed E-state index contributed by atoms with van der Waals surface area (Å²) in [5, 5.41) is 10.1. The van der Waals surface area contributed by atoms with Crippen LogP contribution in [0.3, 0.4) is 0 Å². The van der Waals surface area contributed by atoms with Gasteiger partial charge in [0, 0.05) is 63.4 Å². The Morgan fingerprint density at radius 3 is 1.17 bits per heavy atom. The quantitative estimate of drug-likeness (QED) is 0.0273. The molecule has 6 amide bonds. The lowest BCUT2D eigenvalue weighted by atomic mass is 9.92. The summed E-state index contributed by atoms with van der Waals surface area (Å²) < 4.78 is 116. The van der Waals surface area contributed by atoms with Gasteiger partial charge in [-0.25, -0.2) is 19.2 Å². The number of nitrogens with zero attached hydrogens (tertiary/aromatic N) is 6. The molecule has 2 fully saturated rings. The number of halogens is 6. The van der Waals surface area contributed by atoms with E-state index in [4.69, 9.17) is 23.7 Å². The number of carbonyl (C=O) groups is 8. The molecule has 0 bridgehead atoms. The molecule has 0 saturated heterocycles. The first-order valence-corrected chi connectivity index (χ1v) is 35.0. The van der Waals surface area contributed by atoms with E-state index in [0.29, 0.717) is 37.8 Å². The zero-order valence-electron chi connectivity index (χ0n) is 59.3. The van der Waals surface area contributed by atoms with E-state index in [2.05, 4.69) is 0 Å². The number of carboxylic acids is 1. The van der Waals surface area contributed by atoms with Crippen LogP contribution in [-0.2, 0) is 72.0 Å². The molecule has 6 aromatic rings. The Balaban J connectivity index is 0.000000241. The van der Waals surface area contributed by atoms with Gasteiger partial charge in [-0.1, -0.05) is 160 Å². The van der Waals surface area contributed by atoms with E-state index in [-0.39, 0.29) is 82.5 Å². The summed E-state index contributed by atoms with van der Waals surface area (Å²) in [4.78, 5) is 117. The minimum absolute atomic E-state index is 0.0236. The second-order valence-electron chi connectivity index (χ2n) is 27.0. The number of hydrogen-bond acceptors (Lipinski definition) is 13. The lowest BCUT2D eigenvalue weighted by Crippen LogP contribution is -2.60. The topological polar surface area (TPSA) is 222 Å². The largest absolute Gasteiger partial charge is 0.478 e. The Morgan fingerprint density at radius 2 is 0.846 bits per heavy atom. The lowest BCUT2D eigenvalue weighted by molar-refractivity contribution is -0.166. The number of aliphatic carboxylic acids is 1. The van der Waals surface area contributed by atoms with E-state index < -0.39 is 117 Å². The van der Waals surface area contributed by atoms with Gasteiger partial charge < -0.3 is 58.2 Å². The molecule has 2 aliphatic heterocycles. The van der Waals surface area contributed by atoms with E-state index >= 15 is 0 Å². The number of alkyl halides is 6. The van der Waals surface area contributed by atoms with Gasteiger partial charge in [0.25, 0.3) is 34.8 Å². The summed E-state index contributed by atoms with van der Waals surface area (Å²) in [6.07, 6.45) is -3.44. The van der Waals surface area contributed by atoms with Gasteiger partial charge in [0.15, 0.2) is 0 Å². The molecule has 104 heavy (non-hydrogen) atoms. The molecule has 20 nitrogen and oxygen atoms in total. The van der Waals surface area contributed by atoms with Crippen molar-refractivity contribution in [2.24, 2.45) is 0 Å². The molecular formula is C78H88F6N6O14. The van der Waals surface area contributed by atoms with Crippen molar-refractivity contribution >= 4 is 59.1 Å². The van der Waals surface area contributed by atoms with Gasteiger partial charge in [0.05, 0.1) is 40.2 Å². The van der Waals surface area contributed by atoms with Crippen molar-refractivity contribution in [1.29, 1.82) is 0 Å². The second kappa shape index (κ2) is 34.0. The summed E-state index contributed by atoms with van der Waals surface area (Å²) in [6.45, 7) is 9.59. The zero-order valence-corrected chi connectivity index (χ0v) is 59.3. The number of carbonyl (C=O) groups excluding carboxylic acids is 7. The van der Waals surface area contributed by atoms with Gasteiger partial charge in [-0.3, -0.25) is 19.2 Å². The molecule has 2 atom stereocenters. The number of benzene rings is 6. The Hall–Kier alpha value is -10.1. The molecule has 2 aliphatic carbocycles. The fraction of sp³-hybridized carbons (Fsp3) is 0.436. The minimum atomic E-state index is -5.01. The Labute approximate surface area is 600 Å². The van der Waals surface area contributed by atoms with Crippen LogP contribution in [0.5, 0.6) is 11.5 Å². The predicted molar refractivity (Wildman–Crippen MR) is 373 cm³/mol. The summed E-state index contributed by atoms with van der Waals surface area (Å²) in [6, 6.07) is 38.0. The molecule has 6 aromatic carbocycles. The van der Waals surface area contributed by atoms with Crippen molar-refractivity contribution in [2.75, 3.05) is 42.6 Å². The van der Waals surface area contributed by atoms with Crippen LogP contribution < -0.4 is 19.3 Å². The maximum absolute atomic E-state index is 14.8. The van der Waals surface area contributed by atoms with Crippen molar-refractivity contribution in [3.8, 4) is 11.5 Å². The van der Waals surface area contributed by atoms with E-state index in [1.165, 1.54) is 26.5 Å². The summed E-state index contributed by atoms with van der Waals surface area (Å²) in [5.74, 6) is -7.44. The molecule has 0 spiro atoms. The SMILES string of the molecule is CC(C)N(C(=O)c1cc2c(cc1C(F)(F)F)OC(C)(C(=O)O)C(=O)N2CCN(Cc1ccccc1)C(=O)OCc1ccccc1)C1CCCCC1.CCOC(=O)C1(C)Oc2cc(C(F)(F)F)c(C(=O)N(C(C)C)C3CCCCC3)cc2N(CCN(Cc2ccccc2)C(=O)OCc2ccccc2)C1=O. The van der Waals surface area contributed by atoms with E-state index in [1.54, 1.807) is 107 Å². The van der Waals surface area contributed by atoms with Crippen LogP contribution in [0.4, 0.5) is 47.3 Å². The first kappa shape index (κ1) is 78.0. The monoisotopic (exact) mass is 1450 g/mol. The van der Waals surface area contributed by atoms with Crippen LogP contribution in [0.15, 0.2) is 146 Å². The van der Waals surface area contributed by atoms with Crippen molar-refractivity contribution in [3.05, 3.63) is 190 Å². The van der Waals surface area contributed by atoms with E-state index in [1.807, 2.05) is 42.5 Å². The molecule has 26 heteroatoms. The van der Waals surface area contributed by atoms with Crippen LogP contribution in [-0.4, -0.2) is 141 Å². The van der Waals surface area contributed by atoms with Crippen LogP contribution in [0.1, 0.15) is 167 Å². The third kappa shape index (κ3) is 18.4. The lowest BCUT2D eigenvalue weighted by Gasteiger charge is -2.41. The highest BCUT2D eigenvalue weighted by molar-refractivity contribution is 6.16. The van der Waals surface area contributed by atoms with E-state index in [0.717, 1.165) is 96.6 Å². The van der Waals surface area contributed by atoms with Crippen molar-refractivity contribution in [3.63, 3.8) is 0 Å². The highest BCUT2D eigenvalue weighted by atomic mass is 19.4. The van der Waals surface area contributed by atoms with Crippen molar-refractivity contribution in [1.82, 2.24) is 19.6 Å². The summed E-state index contributed by atoms with van der Waals surface area (Å²) >= 11 is 0. The van der Waals surface area contributed by atoms with Crippen molar-refractivity contribution in [2.45, 2.75) is 187 Å². The number of anilines is 2. The fourth-order valence-corrected chi connectivity index (χ4v) is 13.6. The Bertz CT molecular complexity index is 4010. The average molecular weight is 1450 g/mol. The van der Waals surface area contributed by atoms with Crippen LogP contribution >= 0.6 is 0 Å². The molecule has 10 rings (SSSR count). The highest BCUT2D eigenvalue weighted by Crippen LogP contribution is 2.47. The van der Waals surface area contributed by atoms with Gasteiger partial charge >= 0.3 is 36.5 Å². The first-order chi connectivity index (χ1) is 49.4. The highest BCUT2D eigenvalue weighted by Gasteiger charge is 2.55. The van der Waals surface area contributed by atoms with Gasteiger partial charge in [-0.05, 0) is 121 Å². The summed E-state index contributed by atoms with van der Waals surface area (Å²) in [7, 11) is 0. The molecule has 0 radical (unpaired) electrons. The number of esters is 1. The fourth-order valence-electron chi connectivity index (χ4n) is 13.6. The van der Waals surface area contributed by atoms with Gasteiger partial charge in [0.1, 0.15) is 24.7 Å². The smallest absolute Gasteiger partial charge is 0.417 e. The standard InChI is InChI=1S/C40H46F3N3O7.C38H42F3N3O7/c1-5-51-37(49)39(4)36(48)45(22-21-44(25-28-15-9-6-10-16-28)38(50)52-26-29-17-11-7-12-18-29)33-23-31(32(40(41,42)43)24-34(33)53-39)35(47)46(27(2)3)30-19-13-8-14-20-30;1-25(2)44(28-17-11-6-12-18-28)33(45)29-21-31-32(22-30(29)38(39,40)41)51-37(3,35(47)48)34(46)43(31)20-19-42(23-26-13-7-4-8-14-26)36(49)50-24-27-15-9-5-10-16-27/h6-7,9-12,15-18,23-24,27,30H,5,8,13-14,19-22,25-26H2,1-4H3;4-5,7-10,13-16,21-22,25,28H,6,11-12,17-20,23-24H2,1-3H3,(H,47,48). The second-order valence-corrected chi connectivity index (χ2v) is 27.0. The number of carboxylic acid groups (broad SMARTS) is 1. The van der Waals surface area contributed by atoms with Gasteiger partial charge in [-0.2, -0.15) is 26.3 Å².